The van der Waals surface area contributed by atoms with Gasteiger partial charge in [0.25, 0.3) is 0 Å². The maximum atomic E-state index is 11.0. The third-order valence-electron chi connectivity index (χ3n) is 3.88. The van der Waals surface area contributed by atoms with Crippen LogP contribution in [0.25, 0.3) is 0 Å². The molecule has 2 N–H and O–H groups in total. The van der Waals surface area contributed by atoms with E-state index in [2.05, 4.69) is 14.9 Å². The molecular weight excluding hydrogens is 284 g/mol. The predicted octanol–water partition coefficient (Wildman–Crippen LogP) is 0.986. The second-order valence-electron chi connectivity index (χ2n) is 5.69. The lowest BCUT2D eigenvalue weighted by Crippen LogP contribution is -2.37. The fourth-order valence-corrected chi connectivity index (χ4v) is 2.81. The average molecular weight is 308 g/mol. The number of anilines is 2. The summed E-state index contributed by atoms with van der Waals surface area (Å²) in [7, 11) is 0. The van der Waals surface area contributed by atoms with Crippen LogP contribution in [0.1, 0.15) is 26.2 Å². The van der Waals surface area contributed by atoms with Crippen LogP contribution in [-0.2, 0) is 4.79 Å². The topological polar surface area (TPSA) is 89.8 Å². The highest BCUT2D eigenvalue weighted by Gasteiger charge is 2.21. The van der Waals surface area contributed by atoms with E-state index in [1.54, 1.807) is 4.90 Å². The van der Waals surface area contributed by atoms with Gasteiger partial charge in [-0.25, -0.2) is 9.97 Å². The molecule has 2 heterocycles. The molecule has 2 rings (SSSR count). The van der Waals surface area contributed by atoms with Gasteiger partial charge in [0.05, 0.1) is 0 Å². The quantitative estimate of drug-likeness (QED) is 0.776. The summed E-state index contributed by atoms with van der Waals surface area (Å²) in [6.45, 7) is 4.45. The first-order valence-corrected chi connectivity index (χ1v) is 7.78. The number of hydrogen-bond donors (Lipinski definition) is 2. The number of aromatic nitrogens is 2. The molecule has 1 saturated heterocycles. The van der Waals surface area contributed by atoms with Gasteiger partial charge in [-0.2, -0.15) is 0 Å². The van der Waals surface area contributed by atoms with Crippen LogP contribution in [0.4, 0.5) is 11.6 Å². The Labute approximate surface area is 130 Å². The van der Waals surface area contributed by atoms with Gasteiger partial charge >= 0.3 is 5.97 Å². The molecule has 1 aromatic rings. The summed E-state index contributed by atoms with van der Waals surface area (Å²) in [6, 6.07) is 1.85. The Hall–Kier alpha value is -1.89. The number of aliphatic hydroxyl groups is 1. The number of hydrogen-bond acceptors (Lipinski definition) is 6. The zero-order chi connectivity index (χ0) is 15.9. The van der Waals surface area contributed by atoms with Crippen molar-refractivity contribution in [3.8, 4) is 0 Å². The molecule has 0 spiro atoms. The molecule has 0 amide bonds. The number of rotatable bonds is 7. The third kappa shape index (κ3) is 4.30. The number of carboxylic acids is 1. The van der Waals surface area contributed by atoms with E-state index in [4.69, 9.17) is 5.11 Å². The van der Waals surface area contributed by atoms with Crippen molar-refractivity contribution in [1.29, 1.82) is 0 Å². The van der Waals surface area contributed by atoms with Crippen LogP contribution in [0.3, 0.4) is 0 Å². The van der Waals surface area contributed by atoms with E-state index < -0.39 is 5.97 Å². The van der Waals surface area contributed by atoms with Crippen molar-refractivity contribution in [3.05, 3.63) is 12.4 Å². The molecule has 1 aliphatic rings. The molecular formula is C15H24N4O3. The monoisotopic (exact) mass is 308 g/mol. The van der Waals surface area contributed by atoms with Gasteiger partial charge in [0.15, 0.2) is 0 Å². The lowest BCUT2D eigenvalue weighted by Gasteiger charge is -2.33. The Kier molecular flexibility index (Phi) is 5.94. The average Bonchev–Trinajstić information content (AvgIpc) is 2.54. The zero-order valence-corrected chi connectivity index (χ0v) is 13.0. The maximum Gasteiger partial charge on any atom is 0.323 e. The molecule has 0 bridgehead atoms. The molecule has 1 unspecified atom stereocenters. The van der Waals surface area contributed by atoms with Crippen molar-refractivity contribution < 1.29 is 15.0 Å². The van der Waals surface area contributed by atoms with Gasteiger partial charge in [-0.15, -0.1) is 0 Å². The lowest BCUT2D eigenvalue weighted by molar-refractivity contribution is -0.135. The van der Waals surface area contributed by atoms with Gasteiger partial charge in [0.2, 0.25) is 0 Å². The Balaban J connectivity index is 2.15. The van der Waals surface area contributed by atoms with E-state index in [0.29, 0.717) is 12.4 Å². The highest BCUT2D eigenvalue weighted by atomic mass is 16.4. The molecule has 1 atom stereocenters. The van der Waals surface area contributed by atoms with Crippen molar-refractivity contribution in [2.75, 3.05) is 42.6 Å². The third-order valence-corrected chi connectivity index (χ3v) is 3.88. The number of carbonyl (C=O) groups is 1. The highest BCUT2D eigenvalue weighted by molar-refractivity contribution is 5.73. The van der Waals surface area contributed by atoms with Gasteiger partial charge in [-0.05, 0) is 25.2 Å². The van der Waals surface area contributed by atoms with Crippen LogP contribution in [0.5, 0.6) is 0 Å². The number of carboxylic acid groups (broad SMARTS) is 1. The molecule has 0 aromatic carbocycles. The van der Waals surface area contributed by atoms with Gasteiger partial charge in [0, 0.05) is 32.3 Å². The predicted molar refractivity (Wildman–Crippen MR) is 84.2 cm³/mol. The number of aliphatic hydroxyl groups excluding tert-OH is 1. The molecule has 0 aliphatic carbocycles. The zero-order valence-electron chi connectivity index (χ0n) is 13.0. The molecule has 7 nitrogen and oxygen atoms in total. The summed E-state index contributed by atoms with van der Waals surface area (Å²) >= 11 is 0. The molecule has 1 aromatic heterocycles. The van der Waals surface area contributed by atoms with Crippen molar-refractivity contribution >= 4 is 17.6 Å². The van der Waals surface area contributed by atoms with Crippen LogP contribution in [-0.4, -0.2) is 58.9 Å². The summed E-state index contributed by atoms with van der Waals surface area (Å²) < 4.78 is 0. The minimum atomic E-state index is -0.869. The van der Waals surface area contributed by atoms with Crippen molar-refractivity contribution in [1.82, 2.24) is 9.97 Å². The van der Waals surface area contributed by atoms with E-state index in [9.17, 15) is 9.90 Å². The van der Waals surface area contributed by atoms with Gasteiger partial charge in [-0.1, -0.05) is 6.92 Å². The second kappa shape index (κ2) is 7.93. The van der Waals surface area contributed by atoms with E-state index in [-0.39, 0.29) is 19.1 Å². The fraction of sp³-hybridized carbons (Fsp3) is 0.667. The smallest absolute Gasteiger partial charge is 0.323 e. The minimum Gasteiger partial charge on any atom is -0.480 e. The van der Waals surface area contributed by atoms with Crippen molar-refractivity contribution in [2.24, 2.45) is 5.92 Å². The minimum absolute atomic E-state index is 0.0659. The van der Waals surface area contributed by atoms with Crippen LogP contribution in [0.2, 0.25) is 0 Å². The summed E-state index contributed by atoms with van der Waals surface area (Å²) in [5.74, 6) is 0.847. The maximum absolute atomic E-state index is 11.0. The van der Waals surface area contributed by atoms with Gasteiger partial charge in [-0.3, -0.25) is 4.79 Å². The Morgan fingerprint density at radius 1 is 1.50 bits per heavy atom. The van der Waals surface area contributed by atoms with Crippen molar-refractivity contribution in [3.63, 3.8) is 0 Å². The molecule has 0 saturated carbocycles. The van der Waals surface area contributed by atoms with Crippen LogP contribution in [0, 0.1) is 5.92 Å². The van der Waals surface area contributed by atoms with Crippen LogP contribution in [0.15, 0.2) is 12.4 Å². The van der Waals surface area contributed by atoms with E-state index >= 15 is 0 Å². The molecule has 22 heavy (non-hydrogen) atoms. The number of aliphatic carboxylic acids is 1. The molecule has 0 radical (unpaired) electrons. The summed E-state index contributed by atoms with van der Waals surface area (Å²) in [6.07, 6.45) is 4.39. The standard InChI is InChI=1S/C15H24N4O3/c1-2-5-18(9-15(21)22)13-7-14(17-11-16-13)19-6-3-4-12(8-19)10-20/h7,11-12,20H,2-6,8-10H2,1H3,(H,21,22). The number of nitrogens with zero attached hydrogens (tertiary/aromatic N) is 4. The van der Waals surface area contributed by atoms with Crippen molar-refractivity contribution in [2.45, 2.75) is 26.2 Å². The second-order valence-corrected chi connectivity index (χ2v) is 5.69. The molecule has 122 valence electrons. The first kappa shape index (κ1) is 16.5. The lowest BCUT2D eigenvalue weighted by atomic mass is 9.99. The van der Waals surface area contributed by atoms with E-state index in [1.165, 1.54) is 6.33 Å². The molecule has 1 fully saturated rings. The fourth-order valence-electron chi connectivity index (χ4n) is 2.81. The van der Waals surface area contributed by atoms with Crippen LogP contribution < -0.4 is 9.80 Å². The largest absolute Gasteiger partial charge is 0.480 e. The van der Waals surface area contributed by atoms with Gasteiger partial charge in [0.1, 0.15) is 24.5 Å². The summed E-state index contributed by atoms with van der Waals surface area (Å²) in [5.41, 5.74) is 0. The first-order valence-electron chi connectivity index (χ1n) is 7.78. The van der Waals surface area contributed by atoms with Crippen LogP contribution >= 0.6 is 0 Å². The number of piperidine rings is 1. The normalized spacial score (nSPS) is 18.3. The first-order chi connectivity index (χ1) is 10.6. The van der Waals surface area contributed by atoms with Gasteiger partial charge < -0.3 is 20.0 Å². The molecule has 7 heteroatoms. The SMILES string of the molecule is CCCN(CC(=O)O)c1cc(N2CCCC(CO)C2)ncn1. The Morgan fingerprint density at radius 3 is 3.00 bits per heavy atom. The molecule has 1 aliphatic heterocycles. The Morgan fingerprint density at radius 2 is 2.32 bits per heavy atom. The van der Waals surface area contributed by atoms with E-state index in [0.717, 1.165) is 38.2 Å². The highest BCUT2D eigenvalue weighted by Crippen LogP contribution is 2.23. The Bertz CT molecular complexity index is 497. The van der Waals surface area contributed by atoms with E-state index in [1.807, 2.05) is 13.0 Å². The summed E-state index contributed by atoms with van der Waals surface area (Å²) in [5, 5.41) is 18.4. The summed E-state index contributed by atoms with van der Waals surface area (Å²) in [4.78, 5) is 23.4.